The first-order valence-electron chi connectivity index (χ1n) is 6.69. The maximum atomic E-state index is 12.2. The number of carbonyl (C=O) groups is 1. The lowest BCUT2D eigenvalue weighted by Crippen LogP contribution is -2.45. The molecule has 0 spiro atoms. The fraction of sp³-hybridized carbons (Fsp3) is 0.923. The Bertz CT molecular complexity index is 254. The number of likely N-dealkylation sites (tertiary alicyclic amines) is 1. The Balaban J connectivity index is 1.90. The normalized spacial score (nSPS) is 33.9. The second-order valence-electron chi connectivity index (χ2n) is 5.39. The van der Waals surface area contributed by atoms with Gasteiger partial charge in [-0.3, -0.25) is 4.79 Å². The molecule has 16 heavy (non-hydrogen) atoms. The van der Waals surface area contributed by atoms with Crippen molar-refractivity contribution in [2.24, 2.45) is 11.8 Å². The van der Waals surface area contributed by atoms with Crippen molar-refractivity contribution >= 4 is 5.91 Å². The molecule has 2 fully saturated rings. The molecule has 3 heteroatoms. The van der Waals surface area contributed by atoms with Gasteiger partial charge in [0.25, 0.3) is 0 Å². The largest absolute Gasteiger partial charge is 0.339 e. The van der Waals surface area contributed by atoms with Crippen LogP contribution in [0.1, 0.15) is 39.0 Å². The Morgan fingerprint density at radius 1 is 1.44 bits per heavy atom. The second kappa shape index (κ2) is 5.17. The van der Waals surface area contributed by atoms with Crippen molar-refractivity contribution in [2.45, 2.75) is 45.1 Å². The van der Waals surface area contributed by atoms with Crippen molar-refractivity contribution < 1.29 is 4.79 Å². The van der Waals surface area contributed by atoms with Gasteiger partial charge in [0.2, 0.25) is 5.91 Å². The summed E-state index contributed by atoms with van der Waals surface area (Å²) in [4.78, 5) is 14.4. The maximum Gasteiger partial charge on any atom is 0.226 e. The molecule has 1 saturated carbocycles. The van der Waals surface area contributed by atoms with E-state index in [9.17, 15) is 4.79 Å². The van der Waals surface area contributed by atoms with Crippen molar-refractivity contribution in [1.29, 1.82) is 0 Å². The highest BCUT2D eigenvalue weighted by molar-refractivity contribution is 5.82. The highest BCUT2D eigenvalue weighted by atomic mass is 16.2. The summed E-state index contributed by atoms with van der Waals surface area (Å²) in [5.41, 5.74) is 0. The number of nitrogens with one attached hydrogen (secondary N) is 1. The van der Waals surface area contributed by atoms with Gasteiger partial charge in [-0.15, -0.1) is 0 Å². The van der Waals surface area contributed by atoms with Crippen LogP contribution in [0, 0.1) is 11.8 Å². The lowest BCUT2D eigenvalue weighted by molar-refractivity contribution is -0.136. The van der Waals surface area contributed by atoms with Gasteiger partial charge >= 0.3 is 0 Å². The molecule has 1 aliphatic carbocycles. The molecule has 0 radical (unpaired) electrons. The van der Waals surface area contributed by atoms with E-state index in [-0.39, 0.29) is 0 Å². The van der Waals surface area contributed by atoms with Crippen molar-refractivity contribution in [3.63, 3.8) is 0 Å². The van der Waals surface area contributed by atoms with Gasteiger partial charge in [-0.05, 0) is 51.6 Å². The van der Waals surface area contributed by atoms with Gasteiger partial charge < -0.3 is 10.2 Å². The summed E-state index contributed by atoms with van der Waals surface area (Å²) < 4.78 is 0. The van der Waals surface area contributed by atoms with Crippen LogP contribution in [-0.4, -0.2) is 37.0 Å². The number of amides is 1. The molecular formula is C13H24N2O. The van der Waals surface area contributed by atoms with Crippen LogP contribution < -0.4 is 5.32 Å². The highest BCUT2D eigenvalue weighted by Gasteiger charge is 2.43. The van der Waals surface area contributed by atoms with Crippen LogP contribution in [0.15, 0.2) is 0 Å². The summed E-state index contributed by atoms with van der Waals surface area (Å²) in [6.07, 6.45) is 5.92. The fourth-order valence-corrected chi connectivity index (χ4v) is 2.78. The van der Waals surface area contributed by atoms with E-state index in [0.29, 0.717) is 23.8 Å². The summed E-state index contributed by atoms with van der Waals surface area (Å²) in [6.45, 7) is 4.21. The molecule has 2 rings (SSSR count). The number of hydrogen-bond acceptors (Lipinski definition) is 2. The molecule has 0 bridgehead atoms. The van der Waals surface area contributed by atoms with E-state index in [1.807, 2.05) is 7.05 Å². The van der Waals surface area contributed by atoms with Crippen molar-refractivity contribution in [2.75, 3.05) is 20.1 Å². The van der Waals surface area contributed by atoms with Crippen LogP contribution in [0.2, 0.25) is 0 Å². The Labute approximate surface area is 98.6 Å². The maximum absolute atomic E-state index is 12.2. The molecule has 0 aromatic rings. The van der Waals surface area contributed by atoms with Gasteiger partial charge in [-0.2, -0.15) is 0 Å². The Morgan fingerprint density at radius 2 is 2.19 bits per heavy atom. The van der Waals surface area contributed by atoms with E-state index >= 15 is 0 Å². The third-order valence-corrected chi connectivity index (χ3v) is 4.06. The number of piperidine rings is 1. The minimum Gasteiger partial charge on any atom is -0.339 e. The van der Waals surface area contributed by atoms with E-state index in [1.54, 1.807) is 0 Å². The zero-order valence-electron chi connectivity index (χ0n) is 10.5. The molecule has 2 aliphatic rings. The first-order valence-corrected chi connectivity index (χ1v) is 6.69. The lowest BCUT2D eigenvalue weighted by atomic mass is 9.98. The van der Waals surface area contributed by atoms with Crippen LogP contribution in [0.4, 0.5) is 0 Å². The number of hydrogen-bond donors (Lipinski definition) is 1. The molecule has 0 aromatic heterocycles. The van der Waals surface area contributed by atoms with Gasteiger partial charge in [-0.25, -0.2) is 0 Å². The fourth-order valence-electron chi connectivity index (χ4n) is 2.78. The molecule has 3 atom stereocenters. The van der Waals surface area contributed by atoms with E-state index in [2.05, 4.69) is 17.1 Å². The van der Waals surface area contributed by atoms with E-state index in [0.717, 1.165) is 25.9 Å². The quantitative estimate of drug-likeness (QED) is 0.787. The monoisotopic (exact) mass is 224 g/mol. The minimum atomic E-state index is 0.357. The molecule has 1 aliphatic heterocycles. The van der Waals surface area contributed by atoms with Crippen LogP contribution in [0.25, 0.3) is 0 Å². The molecule has 1 N–H and O–H groups in total. The van der Waals surface area contributed by atoms with Gasteiger partial charge in [0.05, 0.1) is 0 Å². The van der Waals surface area contributed by atoms with Gasteiger partial charge in [0, 0.05) is 18.5 Å². The van der Waals surface area contributed by atoms with Gasteiger partial charge in [0.1, 0.15) is 0 Å². The smallest absolute Gasteiger partial charge is 0.226 e. The molecular weight excluding hydrogens is 200 g/mol. The summed E-state index contributed by atoms with van der Waals surface area (Å²) >= 11 is 0. The number of nitrogens with zero attached hydrogens (tertiary/aromatic N) is 1. The Morgan fingerprint density at radius 3 is 2.81 bits per heavy atom. The summed E-state index contributed by atoms with van der Waals surface area (Å²) in [7, 11) is 1.98. The molecule has 3 nitrogen and oxygen atoms in total. The summed E-state index contributed by atoms with van der Waals surface area (Å²) in [5, 5.41) is 3.19. The molecule has 1 heterocycles. The second-order valence-corrected chi connectivity index (χ2v) is 5.39. The summed E-state index contributed by atoms with van der Waals surface area (Å²) in [5.74, 6) is 1.43. The third-order valence-electron chi connectivity index (χ3n) is 4.06. The van der Waals surface area contributed by atoms with E-state index in [4.69, 9.17) is 0 Å². The molecule has 0 aromatic carbocycles. The first kappa shape index (κ1) is 11.9. The topological polar surface area (TPSA) is 32.3 Å². The van der Waals surface area contributed by atoms with Crippen molar-refractivity contribution in [3.8, 4) is 0 Å². The number of carbonyl (C=O) groups excluding carboxylic acids is 1. The van der Waals surface area contributed by atoms with Crippen LogP contribution in [0.5, 0.6) is 0 Å². The predicted molar refractivity (Wildman–Crippen MR) is 65.2 cm³/mol. The Hall–Kier alpha value is -0.570. The molecule has 1 amide bonds. The first-order chi connectivity index (χ1) is 7.74. The molecule has 1 saturated heterocycles. The van der Waals surface area contributed by atoms with Gasteiger partial charge in [-0.1, -0.05) is 6.92 Å². The zero-order chi connectivity index (χ0) is 11.5. The molecule has 3 unspecified atom stereocenters. The number of rotatable bonds is 4. The standard InChI is InChI=1S/C13H24N2O/c1-10-9-12(10)13(16)15-8-4-3-5-11(15)6-7-14-2/h10-12,14H,3-9H2,1-2H3. The minimum absolute atomic E-state index is 0.357. The van der Waals surface area contributed by atoms with Crippen molar-refractivity contribution in [1.82, 2.24) is 10.2 Å². The van der Waals surface area contributed by atoms with E-state index in [1.165, 1.54) is 19.3 Å². The average molecular weight is 224 g/mol. The average Bonchev–Trinajstić information content (AvgIpc) is 3.03. The van der Waals surface area contributed by atoms with Crippen LogP contribution >= 0.6 is 0 Å². The lowest BCUT2D eigenvalue weighted by Gasteiger charge is -2.36. The SMILES string of the molecule is CNCCC1CCCCN1C(=O)C1CC1C. The molecule has 92 valence electrons. The van der Waals surface area contributed by atoms with Gasteiger partial charge in [0.15, 0.2) is 0 Å². The summed E-state index contributed by atoms with van der Waals surface area (Å²) in [6, 6.07) is 0.501. The van der Waals surface area contributed by atoms with E-state index < -0.39 is 0 Å². The zero-order valence-corrected chi connectivity index (χ0v) is 10.5. The third kappa shape index (κ3) is 2.57. The van der Waals surface area contributed by atoms with Crippen LogP contribution in [-0.2, 0) is 4.79 Å². The van der Waals surface area contributed by atoms with Crippen molar-refractivity contribution in [3.05, 3.63) is 0 Å². The Kier molecular flexibility index (Phi) is 3.85. The van der Waals surface area contributed by atoms with Crippen LogP contribution in [0.3, 0.4) is 0 Å². The predicted octanol–water partition coefficient (Wildman–Crippen LogP) is 1.63. The highest BCUT2D eigenvalue weighted by Crippen LogP contribution is 2.40.